The first-order chi connectivity index (χ1) is 24.1. The van der Waals surface area contributed by atoms with E-state index in [2.05, 4.69) is 55.5 Å². The highest BCUT2D eigenvalue weighted by molar-refractivity contribution is 7.45. The summed E-state index contributed by atoms with van der Waals surface area (Å²) in [5, 5.41) is 0. The quantitative estimate of drug-likeness (QED) is 0.0209. The summed E-state index contributed by atoms with van der Waals surface area (Å²) < 4.78 is 33.9. The Hall–Kier alpha value is -1.54. The van der Waals surface area contributed by atoms with Crippen LogP contribution in [0.15, 0.2) is 48.6 Å². The molecule has 0 saturated carbocycles. The number of phosphoric ester groups is 1. The van der Waals surface area contributed by atoms with E-state index < -0.39 is 13.9 Å². The lowest BCUT2D eigenvalue weighted by molar-refractivity contribution is -0.870. The van der Waals surface area contributed by atoms with E-state index in [0.29, 0.717) is 17.6 Å². The average Bonchev–Trinajstić information content (AvgIpc) is 3.06. The number of unbranched alkanes of at least 4 members (excludes halogenated alkanes) is 14. The van der Waals surface area contributed by atoms with Gasteiger partial charge in [0.2, 0.25) is 0 Å². The summed E-state index contributed by atoms with van der Waals surface area (Å²) in [7, 11) is 1.35. The van der Waals surface area contributed by atoms with Crippen molar-refractivity contribution >= 4 is 13.8 Å². The molecular weight excluding hydrogens is 649 g/mol. The van der Waals surface area contributed by atoms with Crippen LogP contribution in [-0.2, 0) is 27.9 Å². The highest BCUT2D eigenvalue weighted by atomic mass is 31.2. The van der Waals surface area contributed by atoms with E-state index in [1.165, 1.54) is 77.0 Å². The number of allylic oxidation sites excluding steroid dienone is 8. The molecule has 0 heterocycles. The SMILES string of the molecule is CC/C=C\C/C=C\C/C=C\C/C=C\CCCCCCCCCCCCCCCOCC(COP(=O)([O-])OCC[N+](C)(C)C)OC(=O)CCCC. The molecule has 0 aromatic heterocycles. The van der Waals surface area contributed by atoms with E-state index in [9.17, 15) is 14.3 Å². The predicted molar refractivity (Wildman–Crippen MR) is 208 cm³/mol. The van der Waals surface area contributed by atoms with Gasteiger partial charge in [-0.2, -0.15) is 0 Å². The summed E-state index contributed by atoms with van der Waals surface area (Å²) in [6.45, 7) is 5.03. The van der Waals surface area contributed by atoms with Crippen LogP contribution >= 0.6 is 7.82 Å². The fraction of sp³-hybridized carbons (Fsp3) is 0.780. The number of hydrogen-bond acceptors (Lipinski definition) is 7. The number of phosphoric acid groups is 1. The van der Waals surface area contributed by atoms with Crippen molar-refractivity contribution in [1.82, 2.24) is 0 Å². The van der Waals surface area contributed by atoms with E-state index in [4.69, 9.17) is 18.5 Å². The van der Waals surface area contributed by atoms with Crippen molar-refractivity contribution in [2.75, 3.05) is 54.1 Å². The third-order valence-electron chi connectivity index (χ3n) is 8.14. The number of carbonyl (C=O) groups excluding carboxylic acids is 1. The minimum Gasteiger partial charge on any atom is -0.756 e. The molecule has 50 heavy (non-hydrogen) atoms. The maximum atomic E-state index is 12.2. The number of nitrogens with zero attached hydrogens (tertiary/aromatic N) is 1. The highest BCUT2D eigenvalue weighted by Crippen LogP contribution is 2.38. The lowest BCUT2D eigenvalue weighted by Gasteiger charge is -2.28. The van der Waals surface area contributed by atoms with Gasteiger partial charge in [0, 0.05) is 13.0 Å². The van der Waals surface area contributed by atoms with Gasteiger partial charge in [-0.3, -0.25) is 9.36 Å². The van der Waals surface area contributed by atoms with Gasteiger partial charge in [-0.25, -0.2) is 0 Å². The molecule has 0 radical (unpaired) electrons. The summed E-state index contributed by atoms with van der Waals surface area (Å²) in [5.74, 6) is -0.371. The number of ether oxygens (including phenoxy) is 2. The van der Waals surface area contributed by atoms with Crippen LogP contribution in [0, 0.1) is 0 Å². The van der Waals surface area contributed by atoms with E-state index >= 15 is 0 Å². The van der Waals surface area contributed by atoms with Crippen LogP contribution in [0.4, 0.5) is 0 Å². The zero-order valence-corrected chi connectivity index (χ0v) is 33.7. The van der Waals surface area contributed by atoms with Crippen LogP contribution in [0.25, 0.3) is 0 Å². The van der Waals surface area contributed by atoms with Gasteiger partial charge in [0.15, 0.2) is 0 Å². The van der Waals surface area contributed by atoms with Crippen LogP contribution in [0.5, 0.6) is 0 Å². The maximum absolute atomic E-state index is 12.2. The molecule has 0 saturated heterocycles. The molecule has 0 aromatic rings. The second-order valence-electron chi connectivity index (χ2n) is 14.3. The Morgan fingerprint density at radius 2 is 1.14 bits per heavy atom. The molecule has 0 fully saturated rings. The molecule has 0 aromatic carbocycles. The highest BCUT2D eigenvalue weighted by Gasteiger charge is 2.20. The normalized spacial score (nSPS) is 14.4. The van der Waals surface area contributed by atoms with Crippen molar-refractivity contribution < 1.29 is 37.3 Å². The molecule has 0 aliphatic rings. The molecule has 0 aliphatic heterocycles. The summed E-state index contributed by atoms with van der Waals surface area (Å²) in [6, 6.07) is 0. The Kier molecular flexibility index (Phi) is 33.5. The standard InChI is InChI=1S/C41H76NO7P/c1-6-8-10-11-12-13-14-15-16-17-18-19-20-21-22-23-24-25-26-27-28-29-30-31-32-33-36-46-38-40(49-41(43)34-9-7-2)39-48-50(44,45)47-37-35-42(3,4)5/h8,10,12-13,15-16,18-19,40H,6-7,9,11,14,17,20-39H2,1-5H3/b10-8-,13-12-,16-15-,19-18-. The van der Waals surface area contributed by atoms with Crippen molar-refractivity contribution in [2.45, 2.75) is 155 Å². The average molecular weight is 726 g/mol. The zero-order chi connectivity index (χ0) is 37.0. The van der Waals surface area contributed by atoms with E-state index in [-0.39, 0.29) is 32.2 Å². The minimum atomic E-state index is -4.50. The number of quaternary nitrogens is 1. The molecule has 9 heteroatoms. The monoisotopic (exact) mass is 726 g/mol. The van der Waals surface area contributed by atoms with Crippen LogP contribution in [0.2, 0.25) is 0 Å². The van der Waals surface area contributed by atoms with Gasteiger partial charge in [0.25, 0.3) is 7.82 Å². The smallest absolute Gasteiger partial charge is 0.306 e. The van der Waals surface area contributed by atoms with Gasteiger partial charge in [-0.1, -0.05) is 140 Å². The van der Waals surface area contributed by atoms with Crippen LogP contribution in [-0.4, -0.2) is 70.7 Å². The van der Waals surface area contributed by atoms with Gasteiger partial charge in [0.05, 0.1) is 34.4 Å². The Balaban J connectivity index is 3.78. The number of carbonyl (C=O) groups is 1. The Morgan fingerprint density at radius 1 is 0.640 bits per heavy atom. The molecule has 0 bridgehead atoms. The first kappa shape index (κ1) is 48.5. The molecule has 0 amide bonds. The van der Waals surface area contributed by atoms with Crippen LogP contribution in [0.3, 0.4) is 0 Å². The van der Waals surface area contributed by atoms with Crippen molar-refractivity contribution in [3.8, 4) is 0 Å². The van der Waals surface area contributed by atoms with E-state index in [1.54, 1.807) is 0 Å². The fourth-order valence-corrected chi connectivity index (χ4v) is 5.77. The largest absolute Gasteiger partial charge is 0.756 e. The topological polar surface area (TPSA) is 94.1 Å². The van der Waals surface area contributed by atoms with Gasteiger partial charge >= 0.3 is 5.97 Å². The minimum absolute atomic E-state index is 0.0242. The molecule has 0 rings (SSSR count). The zero-order valence-electron chi connectivity index (χ0n) is 32.8. The number of esters is 1. The van der Waals surface area contributed by atoms with Gasteiger partial charge in [0.1, 0.15) is 19.3 Å². The number of rotatable bonds is 36. The van der Waals surface area contributed by atoms with Gasteiger partial charge in [-0.05, 0) is 51.4 Å². The molecule has 2 unspecified atom stereocenters. The molecule has 8 nitrogen and oxygen atoms in total. The number of likely N-dealkylation sites (N-methyl/N-ethyl adjacent to an activating group) is 1. The second-order valence-corrected chi connectivity index (χ2v) is 15.7. The fourth-order valence-electron chi connectivity index (χ4n) is 5.04. The van der Waals surface area contributed by atoms with E-state index in [0.717, 1.165) is 51.4 Å². The Labute approximate surface area is 308 Å². The second kappa shape index (κ2) is 34.5. The summed E-state index contributed by atoms with van der Waals surface area (Å²) in [5.41, 5.74) is 0. The lowest BCUT2D eigenvalue weighted by Crippen LogP contribution is -2.37. The van der Waals surface area contributed by atoms with Crippen molar-refractivity contribution in [3.63, 3.8) is 0 Å². The third-order valence-corrected chi connectivity index (χ3v) is 9.11. The number of hydrogen-bond donors (Lipinski definition) is 0. The Morgan fingerprint density at radius 3 is 1.66 bits per heavy atom. The van der Waals surface area contributed by atoms with Gasteiger partial charge in [-0.15, -0.1) is 0 Å². The van der Waals surface area contributed by atoms with E-state index in [1.807, 2.05) is 28.1 Å². The first-order valence-corrected chi connectivity index (χ1v) is 21.3. The predicted octanol–water partition coefficient (Wildman–Crippen LogP) is 10.6. The maximum Gasteiger partial charge on any atom is 0.306 e. The first-order valence-electron chi connectivity index (χ1n) is 19.9. The van der Waals surface area contributed by atoms with Crippen molar-refractivity contribution in [3.05, 3.63) is 48.6 Å². The third kappa shape index (κ3) is 37.7. The molecule has 0 spiro atoms. The summed E-state index contributed by atoms with van der Waals surface area (Å²) >= 11 is 0. The molecule has 0 aliphatic carbocycles. The van der Waals surface area contributed by atoms with Crippen LogP contribution in [0.1, 0.15) is 149 Å². The molecular formula is C41H76NO7P. The molecule has 292 valence electrons. The van der Waals surface area contributed by atoms with Crippen molar-refractivity contribution in [1.29, 1.82) is 0 Å². The summed E-state index contributed by atoms with van der Waals surface area (Å²) in [6.07, 6.45) is 41.0. The summed E-state index contributed by atoms with van der Waals surface area (Å²) in [4.78, 5) is 24.3. The Bertz CT molecular complexity index is 942. The lowest BCUT2D eigenvalue weighted by atomic mass is 10.0. The van der Waals surface area contributed by atoms with Crippen molar-refractivity contribution in [2.24, 2.45) is 0 Å². The molecule has 2 atom stereocenters. The van der Waals surface area contributed by atoms with Crippen LogP contribution < -0.4 is 4.89 Å². The molecule has 0 N–H and O–H groups in total. The van der Waals surface area contributed by atoms with Gasteiger partial charge < -0.3 is 27.9 Å².